The van der Waals surface area contributed by atoms with Crippen LogP contribution in [0.15, 0.2) is 12.2 Å². The highest BCUT2D eigenvalue weighted by atomic mass is 28.4. The third kappa shape index (κ3) is 11.2. The van der Waals surface area contributed by atoms with Crippen LogP contribution in [0.1, 0.15) is 46.0 Å². The lowest BCUT2D eigenvalue weighted by atomic mass is 10.2. The summed E-state index contributed by atoms with van der Waals surface area (Å²) in [4.78, 5) is 11.3. The first kappa shape index (κ1) is 21.6. The molecular weight excluding hydrogens is 308 g/mol. The lowest BCUT2D eigenvalue weighted by Gasteiger charge is -2.34. The standard InChI is InChI=1S/C17H36O3Si2/c1-8-9-10-11-14-21(4,5)20-22(6,7)15-12-13-19-17(18)16(2)3/h2,8-15H2,1,3-7H3. The molecule has 0 rings (SSSR count). The molecule has 22 heavy (non-hydrogen) atoms. The quantitative estimate of drug-likeness (QED) is 0.203. The molecule has 0 N–H and O–H groups in total. The van der Waals surface area contributed by atoms with Crippen molar-refractivity contribution in [2.24, 2.45) is 0 Å². The Morgan fingerprint density at radius 1 is 0.955 bits per heavy atom. The predicted octanol–water partition coefficient (Wildman–Crippen LogP) is 5.50. The van der Waals surface area contributed by atoms with Gasteiger partial charge in [-0.05, 0) is 51.6 Å². The average Bonchev–Trinajstić information content (AvgIpc) is 2.38. The van der Waals surface area contributed by atoms with Crippen molar-refractivity contribution in [3.8, 4) is 0 Å². The fraction of sp³-hybridized carbons (Fsp3) is 0.824. The van der Waals surface area contributed by atoms with E-state index in [1.54, 1.807) is 6.92 Å². The van der Waals surface area contributed by atoms with Crippen LogP contribution in [0.25, 0.3) is 0 Å². The van der Waals surface area contributed by atoms with Crippen LogP contribution in [0, 0.1) is 0 Å². The molecule has 0 radical (unpaired) electrons. The topological polar surface area (TPSA) is 35.5 Å². The minimum absolute atomic E-state index is 0.286. The molecule has 0 aromatic heterocycles. The van der Waals surface area contributed by atoms with E-state index in [-0.39, 0.29) is 5.97 Å². The molecule has 0 saturated heterocycles. The number of hydrogen-bond acceptors (Lipinski definition) is 3. The first-order chi connectivity index (χ1) is 10.1. The van der Waals surface area contributed by atoms with Crippen molar-refractivity contribution in [2.45, 2.75) is 84.2 Å². The van der Waals surface area contributed by atoms with Gasteiger partial charge < -0.3 is 8.85 Å². The SMILES string of the molecule is C=C(C)C(=O)OCCC[Si](C)(C)O[Si](C)(C)CCCCCC. The summed E-state index contributed by atoms with van der Waals surface area (Å²) in [5.41, 5.74) is 0.466. The molecule has 0 saturated carbocycles. The Labute approximate surface area is 139 Å². The number of rotatable bonds is 12. The molecule has 0 spiro atoms. The lowest BCUT2D eigenvalue weighted by Crippen LogP contribution is -2.44. The van der Waals surface area contributed by atoms with E-state index >= 15 is 0 Å². The molecule has 130 valence electrons. The van der Waals surface area contributed by atoms with E-state index < -0.39 is 16.6 Å². The summed E-state index contributed by atoms with van der Waals surface area (Å²) in [6.07, 6.45) is 6.13. The number of ether oxygens (including phenoxy) is 1. The molecule has 5 heteroatoms. The van der Waals surface area contributed by atoms with Gasteiger partial charge in [-0.25, -0.2) is 4.79 Å². The number of esters is 1. The molecule has 0 fully saturated rings. The van der Waals surface area contributed by atoms with E-state index in [9.17, 15) is 4.79 Å². The molecular formula is C17H36O3Si2. The Kier molecular flexibility index (Phi) is 10.2. The smallest absolute Gasteiger partial charge is 0.333 e. The van der Waals surface area contributed by atoms with Gasteiger partial charge in [-0.1, -0.05) is 39.2 Å². The maximum absolute atomic E-state index is 11.3. The van der Waals surface area contributed by atoms with Gasteiger partial charge in [0.25, 0.3) is 0 Å². The van der Waals surface area contributed by atoms with Crippen molar-refractivity contribution in [3.05, 3.63) is 12.2 Å². The van der Waals surface area contributed by atoms with Gasteiger partial charge in [-0.15, -0.1) is 0 Å². The molecule has 0 aliphatic heterocycles. The van der Waals surface area contributed by atoms with Crippen LogP contribution in [0.3, 0.4) is 0 Å². The average molecular weight is 345 g/mol. The highest BCUT2D eigenvalue weighted by Crippen LogP contribution is 2.24. The Hall–Kier alpha value is -0.396. The van der Waals surface area contributed by atoms with Crippen LogP contribution in [0.4, 0.5) is 0 Å². The van der Waals surface area contributed by atoms with Crippen LogP contribution in [0.2, 0.25) is 38.3 Å². The van der Waals surface area contributed by atoms with Gasteiger partial charge in [0, 0.05) is 5.57 Å². The molecule has 0 unspecified atom stereocenters. The molecule has 0 aromatic rings. The summed E-state index contributed by atoms with van der Waals surface area (Å²) < 4.78 is 11.7. The second-order valence-corrected chi connectivity index (χ2v) is 16.3. The summed E-state index contributed by atoms with van der Waals surface area (Å²) >= 11 is 0. The number of unbranched alkanes of at least 4 members (excludes halogenated alkanes) is 3. The summed E-state index contributed by atoms with van der Waals surface area (Å²) in [6, 6.07) is 2.30. The highest BCUT2D eigenvalue weighted by Gasteiger charge is 2.32. The first-order valence-corrected chi connectivity index (χ1v) is 14.9. The maximum atomic E-state index is 11.3. The van der Waals surface area contributed by atoms with Crippen molar-refractivity contribution in [1.82, 2.24) is 0 Å². The Morgan fingerprint density at radius 2 is 1.50 bits per heavy atom. The summed E-state index contributed by atoms with van der Waals surface area (Å²) in [7, 11) is -3.21. The zero-order chi connectivity index (χ0) is 17.2. The van der Waals surface area contributed by atoms with Crippen molar-refractivity contribution in [1.29, 1.82) is 0 Å². The first-order valence-electron chi connectivity index (χ1n) is 8.62. The molecule has 3 nitrogen and oxygen atoms in total. The van der Waals surface area contributed by atoms with E-state index in [4.69, 9.17) is 8.85 Å². The minimum atomic E-state index is -1.66. The third-order valence-electron chi connectivity index (χ3n) is 3.69. The zero-order valence-electron chi connectivity index (χ0n) is 15.6. The molecule has 0 amide bonds. The molecule has 0 atom stereocenters. The van der Waals surface area contributed by atoms with Crippen molar-refractivity contribution < 1.29 is 13.6 Å². The highest BCUT2D eigenvalue weighted by molar-refractivity contribution is 6.84. The second kappa shape index (κ2) is 10.4. The normalized spacial score (nSPS) is 12.3. The van der Waals surface area contributed by atoms with Crippen molar-refractivity contribution in [3.63, 3.8) is 0 Å². The van der Waals surface area contributed by atoms with Crippen LogP contribution in [-0.4, -0.2) is 29.2 Å². The monoisotopic (exact) mass is 344 g/mol. The zero-order valence-corrected chi connectivity index (χ0v) is 17.6. The maximum Gasteiger partial charge on any atom is 0.333 e. The molecule has 0 heterocycles. The van der Waals surface area contributed by atoms with Gasteiger partial charge in [-0.2, -0.15) is 0 Å². The summed E-state index contributed by atoms with van der Waals surface area (Å²) in [5, 5.41) is 0. The second-order valence-electron chi connectivity index (χ2n) is 7.45. The lowest BCUT2D eigenvalue weighted by molar-refractivity contribution is -0.138. The van der Waals surface area contributed by atoms with Crippen molar-refractivity contribution in [2.75, 3.05) is 6.61 Å². The van der Waals surface area contributed by atoms with Crippen LogP contribution in [0.5, 0.6) is 0 Å². The third-order valence-corrected chi connectivity index (χ3v) is 11.2. The molecule has 0 aliphatic rings. The fourth-order valence-corrected chi connectivity index (χ4v) is 11.5. The van der Waals surface area contributed by atoms with Crippen LogP contribution >= 0.6 is 0 Å². The molecule has 0 bridgehead atoms. The Bertz CT molecular complexity index is 352. The van der Waals surface area contributed by atoms with Gasteiger partial charge in [-0.3, -0.25) is 0 Å². The number of carbonyl (C=O) groups excluding carboxylic acids is 1. The molecule has 0 aromatic carbocycles. The number of carbonyl (C=O) groups is 1. The van der Waals surface area contributed by atoms with Crippen LogP contribution < -0.4 is 0 Å². The Balaban J connectivity index is 4.05. The minimum Gasteiger partial charge on any atom is -0.462 e. The predicted molar refractivity (Wildman–Crippen MR) is 100 cm³/mol. The summed E-state index contributed by atoms with van der Waals surface area (Å²) in [5.74, 6) is -0.286. The summed E-state index contributed by atoms with van der Waals surface area (Å²) in [6.45, 7) is 17.2. The van der Waals surface area contributed by atoms with Gasteiger partial charge in [0.15, 0.2) is 16.6 Å². The van der Waals surface area contributed by atoms with Gasteiger partial charge in [0.05, 0.1) is 6.61 Å². The van der Waals surface area contributed by atoms with E-state index in [0.717, 1.165) is 12.5 Å². The van der Waals surface area contributed by atoms with E-state index in [1.165, 1.54) is 31.7 Å². The van der Waals surface area contributed by atoms with Gasteiger partial charge >= 0.3 is 5.97 Å². The van der Waals surface area contributed by atoms with Crippen LogP contribution in [-0.2, 0) is 13.6 Å². The van der Waals surface area contributed by atoms with E-state index in [1.807, 2.05) is 0 Å². The number of hydrogen-bond donors (Lipinski definition) is 0. The van der Waals surface area contributed by atoms with Gasteiger partial charge in [0.1, 0.15) is 0 Å². The van der Waals surface area contributed by atoms with E-state index in [2.05, 4.69) is 39.7 Å². The molecule has 0 aliphatic carbocycles. The fourth-order valence-electron chi connectivity index (χ4n) is 2.61. The van der Waals surface area contributed by atoms with E-state index in [0.29, 0.717) is 12.2 Å². The largest absolute Gasteiger partial charge is 0.462 e. The van der Waals surface area contributed by atoms with Crippen molar-refractivity contribution >= 4 is 22.6 Å². The Morgan fingerprint density at radius 3 is 2.00 bits per heavy atom. The van der Waals surface area contributed by atoms with Gasteiger partial charge in [0.2, 0.25) is 0 Å².